The van der Waals surface area contributed by atoms with E-state index in [-0.39, 0.29) is 16.2 Å². The van der Waals surface area contributed by atoms with Crippen molar-refractivity contribution in [2.75, 3.05) is 32.7 Å². The van der Waals surface area contributed by atoms with Gasteiger partial charge in [-0.05, 0) is 301 Å². The number of nitrogens with zero attached hydrogens (tertiary/aromatic N) is 4. The summed E-state index contributed by atoms with van der Waals surface area (Å²) < 4.78 is 0. The lowest BCUT2D eigenvalue weighted by Gasteiger charge is -2.34. The van der Waals surface area contributed by atoms with Crippen LogP contribution in [0.15, 0.2) is 331 Å². The normalized spacial score (nSPS) is 16.6. The summed E-state index contributed by atoms with van der Waals surface area (Å²) in [6, 6.07) is 118. The predicted molar refractivity (Wildman–Crippen MR) is 504 cm³/mol. The Bertz CT molecular complexity index is 7090. The van der Waals surface area contributed by atoms with E-state index in [0.717, 1.165) is 104 Å². The fourth-order valence-electron chi connectivity index (χ4n) is 22.5. The largest absolute Gasteiger partial charge is 0.341 e. The number of hydrogen-bond donors (Lipinski definition) is 0. The van der Waals surface area contributed by atoms with Crippen molar-refractivity contribution in [1.29, 1.82) is 0 Å². The van der Waals surface area contributed by atoms with Gasteiger partial charge in [0.25, 0.3) is 0 Å². The molecule has 9 aliphatic rings. The number of aryl methyl sites for hydroxylation is 2. The third kappa shape index (κ3) is 11.1. The Morgan fingerprint density at radius 1 is 0.350 bits per heavy atom. The van der Waals surface area contributed by atoms with E-state index >= 15 is 0 Å². The van der Waals surface area contributed by atoms with E-state index in [1.807, 2.05) is 11.8 Å². The molecule has 2 spiro atoms. The molecule has 15 aromatic rings. The lowest BCUT2D eigenvalue weighted by atomic mass is 9.75. The highest BCUT2D eigenvalue weighted by Gasteiger charge is 2.50. The molecule has 0 N–H and O–H groups in total. The van der Waals surface area contributed by atoms with E-state index in [9.17, 15) is 0 Å². The highest BCUT2D eigenvalue weighted by Crippen LogP contribution is 2.61. The molecular weight excluding hydrogens is 1470 g/mol. The van der Waals surface area contributed by atoms with Gasteiger partial charge in [-0.25, -0.2) is 0 Å². The van der Waals surface area contributed by atoms with Crippen molar-refractivity contribution in [3.8, 4) is 45.2 Å². The maximum absolute atomic E-state index is 3.66. The molecule has 0 fully saturated rings. The minimum atomic E-state index is -0.283. The predicted octanol–water partition coefficient (Wildman–Crippen LogP) is 28.5. The topological polar surface area (TPSA) is 13.0 Å². The van der Waals surface area contributed by atoms with Gasteiger partial charge in [0.1, 0.15) is 0 Å². The van der Waals surface area contributed by atoms with Crippen LogP contribution in [-0.2, 0) is 54.8 Å². The molecule has 0 atom stereocenters. The second-order valence-electron chi connectivity index (χ2n) is 35.3. The molecule has 574 valence electrons. The zero-order chi connectivity index (χ0) is 79.7. The van der Waals surface area contributed by atoms with E-state index < -0.39 is 0 Å². The molecule has 4 nitrogen and oxygen atoms in total. The van der Waals surface area contributed by atoms with E-state index in [4.69, 9.17) is 0 Å². The minimum Gasteiger partial charge on any atom is -0.341 e. The Kier molecular flexibility index (Phi) is 16.1. The average molecular weight is 1560 g/mol. The Hall–Kier alpha value is -13.4. The average Bonchev–Trinajstić information content (AvgIpc) is 1.54. The molecule has 4 aliphatic heterocycles. The van der Waals surface area contributed by atoms with Gasteiger partial charge in [0, 0.05) is 89.8 Å². The number of anilines is 9. The lowest BCUT2D eigenvalue weighted by molar-refractivity contribution is 0.563. The van der Waals surface area contributed by atoms with Crippen LogP contribution in [0.4, 0.5) is 51.2 Å². The van der Waals surface area contributed by atoms with Gasteiger partial charge in [0.15, 0.2) is 0 Å². The summed E-state index contributed by atoms with van der Waals surface area (Å²) in [6.45, 7) is 11.5. The minimum absolute atomic E-state index is 0.130. The number of rotatable bonds is 10. The molecule has 120 heavy (non-hydrogen) atoms. The second kappa shape index (κ2) is 27.3. The van der Waals surface area contributed by atoms with Crippen molar-refractivity contribution >= 4 is 104 Å². The summed E-state index contributed by atoms with van der Waals surface area (Å²) in [5, 5.41) is 2.43. The molecule has 0 amide bonds. The van der Waals surface area contributed by atoms with E-state index in [0.29, 0.717) is 0 Å². The number of hydrogen-bond acceptors (Lipinski definition) is 5. The Balaban J connectivity index is 0.523. The van der Waals surface area contributed by atoms with Crippen molar-refractivity contribution in [3.63, 3.8) is 0 Å². The molecule has 0 saturated carbocycles. The first-order valence-electron chi connectivity index (χ1n) is 43.1. The van der Waals surface area contributed by atoms with Crippen LogP contribution in [0.1, 0.15) is 146 Å². The molecule has 0 bridgehead atoms. The molecule has 4 heterocycles. The number of thioether (sulfide) groups is 1. The summed E-state index contributed by atoms with van der Waals surface area (Å²) in [5.41, 5.74) is 46.1. The summed E-state index contributed by atoms with van der Waals surface area (Å²) in [7, 11) is 0. The molecule has 5 aliphatic carbocycles. The highest BCUT2D eigenvalue weighted by atomic mass is 32.2. The fourth-order valence-corrected chi connectivity index (χ4v) is 23.6. The zero-order valence-electron chi connectivity index (χ0n) is 68.1. The smallest absolute Gasteiger partial charge is 0.0624 e. The molecule has 0 aromatic heterocycles. The van der Waals surface area contributed by atoms with Crippen molar-refractivity contribution in [2.24, 2.45) is 0 Å². The van der Waals surface area contributed by atoms with Crippen LogP contribution >= 0.6 is 11.8 Å². The van der Waals surface area contributed by atoms with Gasteiger partial charge in [-0.3, -0.25) is 0 Å². The van der Waals surface area contributed by atoms with Crippen molar-refractivity contribution in [1.82, 2.24) is 0 Å². The third-order valence-electron chi connectivity index (χ3n) is 28.4. The first-order valence-corrected chi connectivity index (χ1v) is 43.9. The second-order valence-corrected chi connectivity index (χ2v) is 36.4. The SMILES string of the molecule is CC(=CC1=C(C)N(c2cccc3c(C=Cc4ccc5c(c4)C4(Cc6ccccc6C4)c4cc(N6CCCc7ccccc76)ccc4-5)cccc23)c2ccccc2S1)c1ccc2c(c1)N(c1ccc3c(c1)C(C)(C)c1cc(C=Cc4ccc5c(c4)C4(Cc6ccccc6C4)c4cc(N6CCCc7ccccc76)ccc4-5)ccc1-3)c1ccccc1C#C2. The fraction of sp³-hybridized carbons (Fsp3) is 0.148. The number of allylic oxidation sites excluding steroid dienone is 3. The zero-order valence-corrected chi connectivity index (χ0v) is 68.9. The van der Waals surface area contributed by atoms with Gasteiger partial charge < -0.3 is 19.6 Å². The molecule has 0 saturated heterocycles. The highest BCUT2D eigenvalue weighted by molar-refractivity contribution is 8.03. The maximum atomic E-state index is 3.66. The van der Waals surface area contributed by atoms with Gasteiger partial charge in [-0.15, -0.1) is 0 Å². The number of benzene rings is 15. The standard InChI is InChI=1S/C115H88N4S/c1-73(61-112-74(2)118(109-36-15-16-38-111(109)120-112)108-37-18-31-91-78(28-17-32-98(91)108)45-41-77-44-55-95-97-57-51-89(117-60-20-30-80-22-10-13-34-106(80)117)67-104(97)115(102(95)64-77)71-86-26-7-8-27-87(86)72-115)83-49-48-82-47-46-81-23-11-14-35-107(81)119(110(82)65-83)90-52-58-93-92-53-42-75(62-99(92)113(3,4)100(93)68-90)39-40-76-43-54-94-96-56-50-88(116-59-19-29-79-21-9-12-33-105(79)116)66-103(96)114(101(94)63-76)69-84-24-5-6-25-85(84)70-114/h5-18,21-28,31-45,48-58,61-68H,19-20,29-30,59-60,69-72H2,1-4H3. The molecule has 5 heteroatoms. The van der Waals surface area contributed by atoms with Crippen LogP contribution in [0.5, 0.6) is 0 Å². The summed E-state index contributed by atoms with van der Waals surface area (Å²) in [6.07, 6.45) is 20.4. The van der Waals surface area contributed by atoms with Crippen molar-refractivity contribution in [2.45, 2.75) is 100 Å². The first kappa shape index (κ1) is 70.8. The van der Waals surface area contributed by atoms with E-state index in [1.54, 1.807) is 0 Å². The van der Waals surface area contributed by atoms with E-state index in [1.165, 1.54) is 183 Å². The Labute approximate surface area is 708 Å². The summed E-state index contributed by atoms with van der Waals surface area (Å²) >= 11 is 1.86. The third-order valence-corrected chi connectivity index (χ3v) is 29.6. The molecule has 24 rings (SSSR count). The van der Waals surface area contributed by atoms with Gasteiger partial charge in [-0.1, -0.05) is 280 Å². The van der Waals surface area contributed by atoms with Crippen molar-refractivity contribution < 1.29 is 0 Å². The van der Waals surface area contributed by atoms with Crippen LogP contribution in [0.3, 0.4) is 0 Å². The Morgan fingerprint density at radius 2 is 0.783 bits per heavy atom. The monoisotopic (exact) mass is 1560 g/mol. The van der Waals surface area contributed by atoms with Gasteiger partial charge >= 0.3 is 0 Å². The van der Waals surface area contributed by atoms with Gasteiger partial charge in [0.05, 0.1) is 22.7 Å². The quantitative estimate of drug-likeness (QED) is 0.0997. The first-order chi connectivity index (χ1) is 58.9. The number of fused-ring (bicyclic) bond motifs is 21. The maximum Gasteiger partial charge on any atom is 0.0624 e. The van der Waals surface area contributed by atoms with Crippen LogP contribution in [0.2, 0.25) is 0 Å². The molecule has 15 aromatic carbocycles. The van der Waals surface area contributed by atoms with Crippen LogP contribution in [0, 0.1) is 11.8 Å². The van der Waals surface area contributed by atoms with Crippen LogP contribution in [-0.4, -0.2) is 13.1 Å². The summed E-state index contributed by atoms with van der Waals surface area (Å²) in [5.74, 6) is 7.28. The molecule has 0 radical (unpaired) electrons. The van der Waals surface area contributed by atoms with Crippen molar-refractivity contribution in [3.05, 3.63) is 432 Å². The van der Waals surface area contributed by atoms with Gasteiger partial charge in [0.2, 0.25) is 0 Å². The summed E-state index contributed by atoms with van der Waals surface area (Å²) in [4.78, 5) is 12.5. The van der Waals surface area contributed by atoms with E-state index in [2.05, 4.69) is 399 Å². The van der Waals surface area contributed by atoms with Gasteiger partial charge in [-0.2, -0.15) is 0 Å². The lowest BCUT2D eigenvalue weighted by Crippen LogP contribution is -2.27. The number of para-hydroxylation sites is 4. The Morgan fingerprint density at radius 3 is 1.37 bits per heavy atom. The molecular formula is C115H88N4S. The van der Waals surface area contributed by atoms with Crippen LogP contribution in [0.25, 0.3) is 74.0 Å². The van der Waals surface area contributed by atoms with Crippen LogP contribution < -0.4 is 19.6 Å². The molecule has 0 unspecified atom stereocenters.